The molecule has 2 atom stereocenters. The number of pyridine rings is 1. The Balaban J connectivity index is 1.84. The molecule has 6 nitrogen and oxygen atoms in total. The Bertz CT molecular complexity index is 982. The molecule has 0 amide bonds. The van der Waals surface area contributed by atoms with Gasteiger partial charge in [0.25, 0.3) is 0 Å². The fourth-order valence-electron chi connectivity index (χ4n) is 3.34. The van der Waals surface area contributed by atoms with Gasteiger partial charge in [0.2, 0.25) is 5.56 Å². The van der Waals surface area contributed by atoms with E-state index in [2.05, 4.69) is 4.98 Å². The molecule has 2 aromatic carbocycles. The van der Waals surface area contributed by atoms with Gasteiger partial charge in [-0.05, 0) is 55.7 Å². The normalized spacial score (nSPS) is 13.7. The van der Waals surface area contributed by atoms with Gasteiger partial charge >= 0.3 is 0 Å². The highest BCUT2D eigenvalue weighted by atomic mass is 16.5. The lowest BCUT2D eigenvalue weighted by atomic mass is 9.99. The van der Waals surface area contributed by atoms with Crippen LogP contribution in [0.15, 0.2) is 53.3 Å². The zero-order chi connectivity index (χ0) is 19.6. The molecule has 0 bridgehead atoms. The fourth-order valence-corrected chi connectivity index (χ4v) is 3.34. The number of nitrogens with zero attached hydrogens (tertiary/aromatic N) is 1. The second-order valence-electron chi connectivity index (χ2n) is 6.74. The zero-order valence-corrected chi connectivity index (χ0v) is 15.6. The lowest BCUT2D eigenvalue weighted by molar-refractivity contribution is -0.152. The topological polar surface area (TPSA) is 85.8 Å². The maximum Gasteiger partial charge on any atom is 0.248 e. The van der Waals surface area contributed by atoms with E-state index in [4.69, 9.17) is 4.74 Å². The smallest absolute Gasteiger partial charge is 0.248 e. The van der Waals surface area contributed by atoms with E-state index >= 15 is 0 Å². The minimum atomic E-state index is -0.327. The van der Waals surface area contributed by atoms with Gasteiger partial charge in [-0.2, -0.15) is 5.06 Å². The highest BCUT2D eigenvalue weighted by Gasteiger charge is 2.22. The Morgan fingerprint density at radius 1 is 1.07 bits per heavy atom. The van der Waals surface area contributed by atoms with Crippen molar-refractivity contribution in [1.82, 2.24) is 10.0 Å². The molecule has 0 unspecified atom stereocenters. The SMILES string of the molecule is COc1ccc(C[C@@H](C)N(O)[C@H](C)c2ccc(O)c3[nH]c(=O)ccc23)cc1. The molecule has 6 heteroatoms. The van der Waals surface area contributed by atoms with Crippen molar-refractivity contribution in [1.29, 1.82) is 0 Å². The van der Waals surface area contributed by atoms with Crippen molar-refractivity contribution in [3.05, 3.63) is 70.0 Å². The molecule has 1 aromatic heterocycles. The largest absolute Gasteiger partial charge is 0.506 e. The number of hydrogen-bond donors (Lipinski definition) is 3. The minimum Gasteiger partial charge on any atom is -0.506 e. The van der Waals surface area contributed by atoms with E-state index < -0.39 is 0 Å². The predicted molar refractivity (Wildman–Crippen MR) is 104 cm³/mol. The first-order valence-corrected chi connectivity index (χ1v) is 8.85. The van der Waals surface area contributed by atoms with Gasteiger partial charge in [-0.1, -0.05) is 18.2 Å². The van der Waals surface area contributed by atoms with Gasteiger partial charge in [-0.15, -0.1) is 0 Å². The second-order valence-corrected chi connectivity index (χ2v) is 6.74. The molecular weight excluding hydrogens is 344 g/mol. The molecular formula is C21H24N2O4. The second kappa shape index (κ2) is 7.82. The fraction of sp³-hybridized carbons (Fsp3) is 0.286. The number of nitrogens with one attached hydrogen (secondary N) is 1. The van der Waals surface area contributed by atoms with E-state index in [0.717, 1.165) is 16.9 Å². The number of phenols is 1. The Morgan fingerprint density at radius 3 is 2.44 bits per heavy atom. The number of methoxy groups -OCH3 is 1. The number of hydrogen-bond acceptors (Lipinski definition) is 5. The number of aromatic amines is 1. The van der Waals surface area contributed by atoms with Crippen LogP contribution in [0.2, 0.25) is 0 Å². The number of aromatic hydroxyl groups is 1. The summed E-state index contributed by atoms with van der Waals surface area (Å²) in [6.45, 7) is 3.84. The zero-order valence-electron chi connectivity index (χ0n) is 15.6. The number of H-pyrrole nitrogens is 1. The van der Waals surface area contributed by atoms with Gasteiger partial charge in [0.05, 0.1) is 18.7 Å². The van der Waals surface area contributed by atoms with Crippen molar-refractivity contribution < 1.29 is 15.1 Å². The molecule has 0 saturated heterocycles. The van der Waals surface area contributed by atoms with Crippen LogP contribution in [-0.4, -0.2) is 33.5 Å². The molecule has 3 N–H and O–H groups in total. The van der Waals surface area contributed by atoms with Gasteiger partial charge in [-0.25, -0.2) is 0 Å². The Hall–Kier alpha value is -2.83. The van der Waals surface area contributed by atoms with Crippen LogP contribution in [0.25, 0.3) is 10.9 Å². The van der Waals surface area contributed by atoms with Gasteiger partial charge in [0, 0.05) is 17.5 Å². The summed E-state index contributed by atoms with van der Waals surface area (Å²) in [6.07, 6.45) is 0.664. The molecule has 3 aromatic rings. The number of fused-ring (bicyclic) bond motifs is 1. The molecule has 0 spiro atoms. The van der Waals surface area contributed by atoms with E-state index in [9.17, 15) is 15.1 Å². The van der Waals surface area contributed by atoms with E-state index in [1.165, 1.54) is 17.2 Å². The lowest BCUT2D eigenvalue weighted by Gasteiger charge is -2.29. The van der Waals surface area contributed by atoms with E-state index in [1.807, 2.05) is 38.1 Å². The molecule has 142 valence electrons. The van der Waals surface area contributed by atoms with Gasteiger partial charge in [0.1, 0.15) is 11.5 Å². The standard InChI is InChI=1S/C21H24N2O4/c1-13(12-15-4-6-16(27-3)7-5-15)23(26)14(2)17-8-10-19(24)21-18(17)9-11-20(25)22-21/h4-11,13-14,24,26H,12H2,1-3H3,(H,22,25)/t13-,14-/m1/s1. The van der Waals surface area contributed by atoms with Crippen molar-refractivity contribution in [3.8, 4) is 11.5 Å². The molecule has 0 aliphatic heterocycles. The van der Waals surface area contributed by atoms with E-state index in [0.29, 0.717) is 17.3 Å². The van der Waals surface area contributed by atoms with Crippen molar-refractivity contribution in [2.24, 2.45) is 0 Å². The van der Waals surface area contributed by atoms with Crippen molar-refractivity contribution in [3.63, 3.8) is 0 Å². The molecule has 0 saturated carbocycles. The first-order chi connectivity index (χ1) is 12.9. The maximum atomic E-state index is 11.6. The number of aromatic nitrogens is 1. The third-order valence-electron chi connectivity index (χ3n) is 4.90. The monoisotopic (exact) mass is 368 g/mol. The number of phenolic OH excluding ortho intramolecular Hbond substituents is 1. The summed E-state index contributed by atoms with van der Waals surface area (Å²) in [5.41, 5.74) is 2.01. The van der Waals surface area contributed by atoms with E-state index in [-0.39, 0.29) is 23.4 Å². The van der Waals surface area contributed by atoms with Crippen LogP contribution < -0.4 is 10.3 Å². The summed E-state index contributed by atoms with van der Waals surface area (Å²) < 4.78 is 5.17. The number of hydroxylamine groups is 2. The Labute approximate surface area is 157 Å². The minimum absolute atomic E-state index is 0.00872. The van der Waals surface area contributed by atoms with Gasteiger partial charge in [-0.3, -0.25) is 4.79 Å². The summed E-state index contributed by atoms with van der Waals surface area (Å²) >= 11 is 0. The van der Waals surface area contributed by atoms with Crippen molar-refractivity contribution in [2.45, 2.75) is 32.4 Å². The predicted octanol–water partition coefficient (Wildman–Crippen LogP) is 3.63. The summed E-state index contributed by atoms with van der Waals surface area (Å²) in [4.78, 5) is 14.2. The molecule has 0 fully saturated rings. The average molecular weight is 368 g/mol. The summed E-state index contributed by atoms with van der Waals surface area (Å²) in [7, 11) is 1.63. The highest BCUT2D eigenvalue weighted by molar-refractivity contribution is 5.87. The Morgan fingerprint density at radius 2 is 1.78 bits per heavy atom. The third-order valence-corrected chi connectivity index (χ3v) is 4.90. The van der Waals surface area contributed by atoms with Crippen molar-refractivity contribution >= 4 is 10.9 Å². The Kier molecular flexibility index (Phi) is 5.48. The van der Waals surface area contributed by atoms with E-state index in [1.54, 1.807) is 19.2 Å². The van der Waals surface area contributed by atoms with Crippen LogP contribution in [0.3, 0.4) is 0 Å². The van der Waals surface area contributed by atoms with Crippen LogP contribution in [0.5, 0.6) is 11.5 Å². The number of benzene rings is 2. The highest BCUT2D eigenvalue weighted by Crippen LogP contribution is 2.32. The third kappa shape index (κ3) is 3.97. The molecule has 0 radical (unpaired) electrons. The summed E-state index contributed by atoms with van der Waals surface area (Å²) in [6, 6.07) is 13.7. The summed E-state index contributed by atoms with van der Waals surface area (Å²) in [5.74, 6) is 0.805. The molecule has 0 aliphatic rings. The molecule has 3 rings (SSSR count). The molecule has 1 heterocycles. The van der Waals surface area contributed by atoms with Crippen LogP contribution in [0.1, 0.15) is 31.0 Å². The average Bonchev–Trinajstić information content (AvgIpc) is 2.68. The van der Waals surface area contributed by atoms with Crippen LogP contribution in [0.4, 0.5) is 0 Å². The van der Waals surface area contributed by atoms with Crippen LogP contribution in [0, 0.1) is 0 Å². The van der Waals surface area contributed by atoms with Crippen LogP contribution >= 0.6 is 0 Å². The first-order valence-electron chi connectivity index (χ1n) is 8.85. The maximum absolute atomic E-state index is 11.6. The van der Waals surface area contributed by atoms with Gasteiger partial charge in [0.15, 0.2) is 0 Å². The van der Waals surface area contributed by atoms with Crippen LogP contribution in [-0.2, 0) is 6.42 Å². The molecule has 27 heavy (non-hydrogen) atoms. The number of rotatable bonds is 6. The molecule has 0 aliphatic carbocycles. The quantitative estimate of drug-likeness (QED) is 0.579. The lowest BCUT2D eigenvalue weighted by Crippen LogP contribution is -2.34. The van der Waals surface area contributed by atoms with Crippen molar-refractivity contribution in [2.75, 3.05) is 7.11 Å². The summed E-state index contributed by atoms with van der Waals surface area (Å²) in [5, 5.41) is 22.8. The first kappa shape index (κ1) is 18.9. The van der Waals surface area contributed by atoms with Gasteiger partial charge < -0.3 is 20.0 Å². The number of ether oxygens (including phenoxy) is 1.